The molecule has 3 aromatic heterocycles. The summed E-state index contributed by atoms with van der Waals surface area (Å²) in [5, 5.41) is 5.57. The third-order valence-corrected chi connectivity index (χ3v) is 6.12. The highest BCUT2D eigenvalue weighted by molar-refractivity contribution is 5.93. The number of nitrogens with zero attached hydrogens (tertiary/aromatic N) is 5. The normalized spacial score (nSPS) is 15.7. The van der Waals surface area contributed by atoms with Crippen molar-refractivity contribution in [3.63, 3.8) is 0 Å². The fourth-order valence-corrected chi connectivity index (χ4v) is 4.73. The molecule has 33 heavy (non-hydrogen) atoms. The summed E-state index contributed by atoms with van der Waals surface area (Å²) in [4.78, 5) is 27.8. The van der Waals surface area contributed by atoms with Crippen LogP contribution in [0.2, 0.25) is 0 Å². The number of nitrogens with one attached hydrogen (secondary N) is 1. The second-order valence-electron chi connectivity index (χ2n) is 7.98. The Morgan fingerprint density at radius 1 is 1.15 bits per heavy atom. The van der Waals surface area contributed by atoms with E-state index in [2.05, 4.69) is 32.2 Å². The largest absolute Gasteiger partial charge is 0.494 e. The van der Waals surface area contributed by atoms with Crippen molar-refractivity contribution in [1.29, 1.82) is 0 Å². The molecular formula is C25H22N6O2. The number of hydrogen-bond acceptors (Lipinski definition) is 5. The van der Waals surface area contributed by atoms with Crippen molar-refractivity contribution in [3.05, 3.63) is 89.6 Å². The van der Waals surface area contributed by atoms with Crippen LogP contribution < -0.4 is 4.74 Å². The van der Waals surface area contributed by atoms with Crippen molar-refractivity contribution >= 4 is 22.6 Å². The first-order chi connectivity index (χ1) is 16.2. The number of aromatic nitrogens is 5. The number of rotatable bonds is 4. The fraction of sp³-hybridized carbons (Fsp3) is 0.200. The maximum atomic E-state index is 13.8. The topological polar surface area (TPSA) is 88.4 Å². The predicted octanol–water partition coefficient (Wildman–Crippen LogP) is 3.79. The van der Waals surface area contributed by atoms with Gasteiger partial charge in [0.25, 0.3) is 11.7 Å². The molecule has 5 aromatic rings. The van der Waals surface area contributed by atoms with Crippen LogP contribution >= 0.6 is 0 Å². The van der Waals surface area contributed by atoms with Crippen LogP contribution in [0, 0.1) is 0 Å². The average Bonchev–Trinajstić information content (AvgIpc) is 3.45. The number of H-pyrrole nitrogens is 1. The van der Waals surface area contributed by atoms with Crippen molar-refractivity contribution < 1.29 is 9.53 Å². The first-order valence-corrected chi connectivity index (χ1v) is 11.0. The van der Waals surface area contributed by atoms with Gasteiger partial charge in [-0.1, -0.05) is 36.4 Å². The zero-order valence-corrected chi connectivity index (χ0v) is 18.1. The molecule has 2 aromatic carbocycles. The van der Waals surface area contributed by atoms with E-state index in [1.54, 1.807) is 18.5 Å². The van der Waals surface area contributed by atoms with Gasteiger partial charge in [0.05, 0.1) is 6.61 Å². The van der Waals surface area contributed by atoms with Crippen molar-refractivity contribution in [2.24, 2.45) is 0 Å². The molecule has 8 nitrogen and oxygen atoms in total. The van der Waals surface area contributed by atoms with Crippen LogP contribution in [0.5, 0.6) is 5.75 Å². The Morgan fingerprint density at radius 2 is 2.00 bits per heavy atom. The van der Waals surface area contributed by atoms with E-state index < -0.39 is 0 Å². The third-order valence-electron chi connectivity index (χ3n) is 6.12. The lowest BCUT2D eigenvalue weighted by Crippen LogP contribution is -2.41. The quantitative estimate of drug-likeness (QED) is 0.461. The highest BCUT2D eigenvalue weighted by Crippen LogP contribution is 2.41. The van der Waals surface area contributed by atoms with Crippen molar-refractivity contribution in [2.45, 2.75) is 19.4 Å². The zero-order valence-electron chi connectivity index (χ0n) is 18.1. The van der Waals surface area contributed by atoms with Crippen LogP contribution in [-0.4, -0.2) is 48.5 Å². The summed E-state index contributed by atoms with van der Waals surface area (Å²) in [5.74, 6) is 1.06. The number of amides is 1. The second-order valence-corrected chi connectivity index (χ2v) is 7.98. The molecule has 0 saturated carbocycles. The highest BCUT2D eigenvalue weighted by atomic mass is 16.5. The van der Waals surface area contributed by atoms with Crippen LogP contribution in [0.25, 0.3) is 16.7 Å². The minimum atomic E-state index is -0.351. The minimum absolute atomic E-state index is 0.132. The molecule has 6 rings (SSSR count). The van der Waals surface area contributed by atoms with Crippen LogP contribution in [-0.2, 0) is 6.42 Å². The number of benzene rings is 2. The van der Waals surface area contributed by atoms with E-state index in [1.807, 2.05) is 48.2 Å². The summed E-state index contributed by atoms with van der Waals surface area (Å²) in [6.45, 7) is 3.04. The molecule has 164 valence electrons. The summed E-state index contributed by atoms with van der Waals surface area (Å²) in [6.07, 6.45) is 4.11. The first kappa shape index (κ1) is 19.5. The summed E-state index contributed by atoms with van der Waals surface area (Å²) in [6, 6.07) is 17.6. The van der Waals surface area contributed by atoms with Gasteiger partial charge in [-0.15, -0.1) is 5.10 Å². The van der Waals surface area contributed by atoms with Gasteiger partial charge in [0.1, 0.15) is 11.8 Å². The summed E-state index contributed by atoms with van der Waals surface area (Å²) in [5.41, 5.74) is 4.23. The lowest BCUT2D eigenvalue weighted by Gasteiger charge is -2.36. The van der Waals surface area contributed by atoms with Crippen LogP contribution in [0.15, 0.2) is 67.0 Å². The zero-order chi connectivity index (χ0) is 22.4. The minimum Gasteiger partial charge on any atom is -0.494 e. The van der Waals surface area contributed by atoms with Gasteiger partial charge in [-0.25, -0.2) is 9.50 Å². The van der Waals surface area contributed by atoms with E-state index in [9.17, 15) is 4.79 Å². The SMILES string of the molecule is CCOc1ccccc1C1c2[nH]c3ccccc3c2CCN1C(=O)c1nc2ncccn2n1. The van der Waals surface area contributed by atoms with Crippen molar-refractivity contribution in [1.82, 2.24) is 29.5 Å². The summed E-state index contributed by atoms with van der Waals surface area (Å²) < 4.78 is 7.49. The lowest BCUT2D eigenvalue weighted by molar-refractivity contribution is 0.0677. The Morgan fingerprint density at radius 3 is 2.88 bits per heavy atom. The molecule has 0 spiro atoms. The van der Waals surface area contributed by atoms with E-state index in [4.69, 9.17) is 4.74 Å². The second kappa shape index (κ2) is 7.74. The summed E-state index contributed by atoms with van der Waals surface area (Å²) >= 11 is 0. The Balaban J connectivity index is 1.52. The van der Waals surface area contributed by atoms with Gasteiger partial charge in [-0.3, -0.25) is 4.79 Å². The van der Waals surface area contributed by atoms with Gasteiger partial charge in [0, 0.05) is 41.1 Å². The number of carbonyl (C=O) groups excluding carboxylic acids is 1. The molecule has 0 fully saturated rings. The van der Waals surface area contributed by atoms with E-state index >= 15 is 0 Å². The van der Waals surface area contributed by atoms with E-state index in [1.165, 1.54) is 15.5 Å². The smallest absolute Gasteiger partial charge is 0.294 e. The monoisotopic (exact) mass is 438 g/mol. The predicted molar refractivity (Wildman–Crippen MR) is 123 cm³/mol. The molecule has 0 bridgehead atoms. The third kappa shape index (κ3) is 3.14. The number of carbonyl (C=O) groups is 1. The number of ether oxygens (including phenoxy) is 1. The van der Waals surface area contributed by atoms with Gasteiger partial charge in [-0.2, -0.15) is 4.98 Å². The molecule has 1 N–H and O–H groups in total. The first-order valence-electron chi connectivity index (χ1n) is 11.0. The molecule has 0 radical (unpaired) electrons. The van der Waals surface area contributed by atoms with Gasteiger partial charge < -0.3 is 14.6 Å². The number of para-hydroxylation sites is 2. The molecule has 1 unspecified atom stereocenters. The molecule has 0 aliphatic carbocycles. The molecule has 4 heterocycles. The van der Waals surface area contributed by atoms with Gasteiger partial charge in [-0.05, 0) is 37.1 Å². The lowest BCUT2D eigenvalue weighted by atomic mass is 9.91. The van der Waals surface area contributed by atoms with Gasteiger partial charge in [0.15, 0.2) is 0 Å². The van der Waals surface area contributed by atoms with E-state index in [-0.39, 0.29) is 17.8 Å². The Bertz CT molecular complexity index is 1450. The molecule has 8 heteroatoms. The van der Waals surface area contributed by atoms with Crippen molar-refractivity contribution in [3.8, 4) is 5.75 Å². The molecule has 1 aliphatic rings. The van der Waals surface area contributed by atoms with Crippen LogP contribution in [0.3, 0.4) is 0 Å². The van der Waals surface area contributed by atoms with Crippen LogP contribution in [0.1, 0.15) is 40.4 Å². The van der Waals surface area contributed by atoms with Gasteiger partial charge in [0.2, 0.25) is 5.82 Å². The van der Waals surface area contributed by atoms with E-state index in [0.29, 0.717) is 18.9 Å². The van der Waals surface area contributed by atoms with E-state index in [0.717, 1.165) is 28.9 Å². The average molecular weight is 438 g/mol. The number of aromatic amines is 1. The maximum Gasteiger partial charge on any atom is 0.294 e. The van der Waals surface area contributed by atoms with Crippen LogP contribution in [0.4, 0.5) is 0 Å². The van der Waals surface area contributed by atoms with Gasteiger partial charge >= 0.3 is 0 Å². The maximum absolute atomic E-state index is 13.8. The summed E-state index contributed by atoms with van der Waals surface area (Å²) in [7, 11) is 0. The molecule has 1 aliphatic heterocycles. The Kier molecular flexibility index (Phi) is 4.57. The molecule has 0 saturated heterocycles. The molecular weight excluding hydrogens is 416 g/mol. The number of fused-ring (bicyclic) bond motifs is 4. The Labute approximate surface area is 189 Å². The Hall–Kier alpha value is -4.20. The number of hydrogen-bond donors (Lipinski definition) is 1. The molecule has 1 atom stereocenters. The fourth-order valence-electron chi connectivity index (χ4n) is 4.73. The van der Waals surface area contributed by atoms with Crippen molar-refractivity contribution in [2.75, 3.05) is 13.2 Å². The highest BCUT2D eigenvalue weighted by Gasteiger charge is 2.37. The standard InChI is InChI=1S/C25H22N6O2/c1-2-33-20-11-6-4-9-18(20)22-21-17(16-8-3-5-10-19(16)27-21)12-15-30(22)24(32)23-28-25-26-13-7-14-31(25)29-23/h3-11,13-14,22,27H,2,12,15H2,1H3. The molecule has 1 amide bonds.